The largest absolute Gasteiger partial charge is 0.480 e. The minimum Gasteiger partial charge on any atom is -0.480 e. The second-order valence-corrected chi connectivity index (χ2v) is 20.7. The van der Waals surface area contributed by atoms with Gasteiger partial charge in [-0.2, -0.15) is 0 Å². The smallest absolute Gasteiger partial charge is 0.323 e. The number of piperazine rings is 1. The van der Waals surface area contributed by atoms with Crippen molar-refractivity contribution in [2.75, 3.05) is 118 Å². The number of cyclic esters (lactones) is 1. The third kappa shape index (κ3) is 18.1. The number of nitrogens with one attached hydrogen (secondary N) is 5. The van der Waals surface area contributed by atoms with Gasteiger partial charge in [0.05, 0.1) is 50.3 Å². The lowest BCUT2D eigenvalue weighted by molar-refractivity contribution is -0.155. The Hall–Kier alpha value is -7.34. The van der Waals surface area contributed by atoms with Gasteiger partial charge < -0.3 is 66.1 Å². The number of aliphatic carboxylic acids is 3. The second-order valence-electron chi connectivity index (χ2n) is 20.7. The van der Waals surface area contributed by atoms with Gasteiger partial charge in [0.2, 0.25) is 47.6 Å². The highest BCUT2D eigenvalue weighted by Crippen LogP contribution is 2.35. The summed E-state index contributed by atoms with van der Waals surface area (Å²) in [6.45, 7) is 4.86. The number of hydrogen-bond acceptors (Lipinski definition) is 18. The number of amides is 7. The van der Waals surface area contributed by atoms with E-state index < -0.39 is 109 Å². The number of carbonyl (C=O) groups is 12. The van der Waals surface area contributed by atoms with Crippen LogP contribution in [0, 0.1) is 11.8 Å². The third-order valence-electron chi connectivity index (χ3n) is 14.8. The van der Waals surface area contributed by atoms with Crippen LogP contribution in [0.4, 0.5) is 0 Å². The van der Waals surface area contributed by atoms with Crippen LogP contribution >= 0.6 is 0 Å². The van der Waals surface area contributed by atoms with E-state index in [4.69, 9.17) is 4.74 Å². The van der Waals surface area contributed by atoms with E-state index in [0.29, 0.717) is 57.9 Å². The molecule has 7 amide bonds. The van der Waals surface area contributed by atoms with Crippen LogP contribution in [0.5, 0.6) is 0 Å². The lowest BCUT2D eigenvalue weighted by Crippen LogP contribution is -2.54. The summed E-state index contributed by atoms with van der Waals surface area (Å²) in [5.74, 6) is -9.45. The Morgan fingerprint density at radius 1 is 0.700 bits per heavy atom. The van der Waals surface area contributed by atoms with E-state index in [9.17, 15) is 78.0 Å². The third-order valence-corrected chi connectivity index (χ3v) is 14.8. The molecule has 440 valence electrons. The van der Waals surface area contributed by atoms with Gasteiger partial charge in [-0.05, 0) is 30.4 Å². The highest BCUT2D eigenvalue weighted by Gasteiger charge is 2.40. The van der Waals surface area contributed by atoms with Crippen molar-refractivity contribution in [3.63, 3.8) is 0 Å². The summed E-state index contributed by atoms with van der Waals surface area (Å²) in [5.41, 5.74) is 1.62. The number of rotatable bonds is 25. The summed E-state index contributed by atoms with van der Waals surface area (Å²) in [5, 5.41) is 51.5. The molecule has 9 N–H and O–H groups in total. The minimum absolute atomic E-state index is 0.0137. The SMILES string of the molecule is CCC(C)C(NC(=O)CCNC(=O)CCNC(=O)CN(CC(=O)O)C(=O)CN1CCN(C(=O)CN2CCN(CC(=O)O)CCN(CC(=O)O)CC2)CC1)C(=O)N[C@H]1CCn2ccc3c2C(=C[C@@H](C(=O)NC2CC(=O)OC2O)C3)C1=O. The molecule has 0 saturated carbocycles. The molecule has 29 heteroatoms. The number of carboxylic acid groups (broad SMARTS) is 3. The van der Waals surface area contributed by atoms with Gasteiger partial charge in [0.15, 0.2) is 5.78 Å². The first kappa shape index (κ1) is 61.9. The van der Waals surface area contributed by atoms with Crippen LogP contribution in [-0.2, 0) is 75.2 Å². The van der Waals surface area contributed by atoms with Gasteiger partial charge in [0.25, 0.3) is 0 Å². The highest BCUT2D eigenvalue weighted by molar-refractivity contribution is 6.25. The van der Waals surface area contributed by atoms with Crippen LogP contribution in [-0.4, -0.2) is 268 Å². The Labute approximate surface area is 461 Å². The van der Waals surface area contributed by atoms with E-state index in [1.165, 1.54) is 6.08 Å². The monoisotopic (exact) mass is 1130 g/mol. The summed E-state index contributed by atoms with van der Waals surface area (Å²) >= 11 is 0. The standard InChI is InChI=1S/C51H74N12O17/c1-3-31(2)46(50(78)54-35-7-11-62-10-6-32-22-33(23-34(47(32)62)48(35)76)49(77)55-36-24-45(75)80-51(36)79)56-38(65)5-9-52-37(64)4-8-53-39(66)25-63(30-44(73)74)41(68)27-58-18-20-61(21-19-58)40(67)26-57-12-14-59(28-42(69)70)16-17-60(15-13-57)29-43(71)72/h6,10,23,31,33,35-36,46,51,79H,3-5,7-9,11-22,24-30H2,1-2H3,(H,52,64)(H,53,66)(H,54,78)(H,55,77)(H,56,65)(H,69,70)(H,71,72)(H,73,74)/t31?,33-,35-,36?,46?,51?/m0/s1. The number of aliphatic hydroxyl groups excluding tert-OH is 1. The molecule has 6 atom stereocenters. The van der Waals surface area contributed by atoms with Crippen molar-refractivity contribution >= 4 is 76.6 Å². The molecule has 1 aliphatic carbocycles. The van der Waals surface area contributed by atoms with E-state index in [2.05, 4.69) is 26.6 Å². The van der Waals surface area contributed by atoms with Crippen molar-refractivity contribution in [2.45, 2.75) is 83.3 Å². The predicted molar refractivity (Wildman–Crippen MR) is 278 cm³/mol. The van der Waals surface area contributed by atoms with Crippen LogP contribution in [0.15, 0.2) is 18.3 Å². The van der Waals surface area contributed by atoms with Crippen molar-refractivity contribution in [3.8, 4) is 0 Å². The molecular weight excluding hydrogens is 1050 g/mol. The van der Waals surface area contributed by atoms with Crippen LogP contribution < -0.4 is 26.6 Å². The lowest BCUT2D eigenvalue weighted by Gasteiger charge is -2.36. The number of nitrogens with zero attached hydrogens (tertiary/aromatic N) is 7. The fourth-order valence-electron chi connectivity index (χ4n) is 10.2. The summed E-state index contributed by atoms with van der Waals surface area (Å²) in [6, 6.07) is -1.18. The fourth-order valence-corrected chi connectivity index (χ4v) is 10.2. The number of ketones is 1. The van der Waals surface area contributed by atoms with Gasteiger partial charge in [0.1, 0.15) is 25.2 Å². The summed E-state index contributed by atoms with van der Waals surface area (Å²) in [6.07, 6.45) is 2.15. The Balaban J connectivity index is 0.899. The number of aliphatic hydroxyl groups is 1. The molecule has 1 aromatic heterocycles. The van der Waals surface area contributed by atoms with E-state index in [1.54, 1.807) is 32.7 Å². The Morgan fingerprint density at radius 2 is 1.27 bits per heavy atom. The van der Waals surface area contributed by atoms with Crippen LogP contribution in [0.25, 0.3) is 5.57 Å². The number of aryl methyl sites for hydroxylation is 1. The molecule has 4 unspecified atom stereocenters. The summed E-state index contributed by atoms with van der Waals surface area (Å²) in [4.78, 5) is 162. The molecule has 3 fully saturated rings. The molecule has 0 radical (unpaired) electrons. The molecule has 3 saturated heterocycles. The molecule has 6 rings (SSSR count). The van der Waals surface area contributed by atoms with Gasteiger partial charge in [-0.15, -0.1) is 0 Å². The molecule has 0 bridgehead atoms. The average Bonchev–Trinajstić information content (AvgIpc) is 3.96. The lowest BCUT2D eigenvalue weighted by atomic mass is 9.85. The topological polar surface area (TPSA) is 380 Å². The van der Waals surface area contributed by atoms with Crippen molar-refractivity contribution in [1.29, 1.82) is 0 Å². The zero-order valence-electron chi connectivity index (χ0n) is 45.1. The molecule has 5 heterocycles. The summed E-state index contributed by atoms with van der Waals surface area (Å²) in [7, 11) is 0. The molecule has 29 nitrogen and oxygen atoms in total. The van der Waals surface area contributed by atoms with Crippen LogP contribution in [0.1, 0.15) is 57.2 Å². The fraction of sp³-hybridized carbons (Fsp3) is 0.647. The minimum atomic E-state index is -1.49. The molecule has 4 aliphatic heterocycles. The molecule has 0 spiro atoms. The normalized spacial score (nSPS) is 21.8. The van der Waals surface area contributed by atoms with Gasteiger partial charge in [-0.1, -0.05) is 26.3 Å². The van der Waals surface area contributed by atoms with Crippen molar-refractivity contribution in [2.24, 2.45) is 11.8 Å². The number of Topliss-reactive ketones (excluding diaryl/α,β-unsaturated/α-hetero) is 1. The van der Waals surface area contributed by atoms with E-state index in [-0.39, 0.29) is 115 Å². The maximum absolute atomic E-state index is 14.1. The number of carbonyl (C=O) groups excluding carboxylic acids is 9. The van der Waals surface area contributed by atoms with Crippen LogP contribution in [0.2, 0.25) is 0 Å². The van der Waals surface area contributed by atoms with Crippen molar-refractivity contribution in [1.82, 2.24) is 60.6 Å². The average molecular weight is 1130 g/mol. The maximum Gasteiger partial charge on any atom is 0.323 e. The van der Waals surface area contributed by atoms with E-state index >= 15 is 0 Å². The Bertz CT molecular complexity index is 2500. The highest BCUT2D eigenvalue weighted by atomic mass is 16.6. The number of hydrogen-bond donors (Lipinski definition) is 9. The summed E-state index contributed by atoms with van der Waals surface area (Å²) < 4.78 is 6.62. The molecule has 80 heavy (non-hydrogen) atoms. The first-order valence-electron chi connectivity index (χ1n) is 26.9. The Morgan fingerprint density at radius 3 is 1.85 bits per heavy atom. The van der Waals surface area contributed by atoms with Crippen molar-refractivity contribution in [3.05, 3.63) is 29.6 Å². The number of ether oxygens (including phenoxy) is 1. The first-order valence-corrected chi connectivity index (χ1v) is 26.9. The second kappa shape index (κ2) is 29.2. The van der Waals surface area contributed by atoms with Crippen molar-refractivity contribution < 1.29 is 82.7 Å². The van der Waals surface area contributed by atoms with E-state index in [1.807, 2.05) is 22.5 Å². The molecule has 0 aromatic carbocycles. The van der Waals surface area contributed by atoms with Gasteiger partial charge in [-0.3, -0.25) is 77.1 Å². The molecule has 1 aromatic rings. The molecule has 5 aliphatic rings. The molecular formula is C51H74N12O17. The predicted octanol–water partition coefficient (Wildman–Crippen LogP) is -5.06. The zero-order valence-corrected chi connectivity index (χ0v) is 45.1. The number of aromatic nitrogens is 1. The Kier molecular flexibility index (Phi) is 22.6. The number of esters is 1. The zero-order chi connectivity index (χ0) is 58.2. The van der Waals surface area contributed by atoms with Crippen LogP contribution in [0.3, 0.4) is 0 Å². The van der Waals surface area contributed by atoms with Gasteiger partial charge in [-0.25, -0.2) is 0 Å². The first-order chi connectivity index (χ1) is 38.1. The van der Waals surface area contributed by atoms with Gasteiger partial charge in [0, 0.05) is 110 Å². The quantitative estimate of drug-likeness (QED) is 0.0414. The number of carboxylic acids is 3. The maximum atomic E-state index is 14.1. The van der Waals surface area contributed by atoms with E-state index in [0.717, 1.165) is 10.5 Å². The van der Waals surface area contributed by atoms with Gasteiger partial charge >= 0.3 is 23.9 Å².